The molecule has 0 bridgehead atoms. The number of anilines is 1. The Morgan fingerprint density at radius 2 is 1.77 bits per heavy atom. The predicted molar refractivity (Wildman–Crippen MR) is 120 cm³/mol. The number of hydrogen-bond acceptors (Lipinski definition) is 6. The van der Waals surface area contributed by atoms with Crippen LogP contribution in [-0.2, 0) is 6.61 Å². The van der Waals surface area contributed by atoms with E-state index < -0.39 is 0 Å². The summed E-state index contributed by atoms with van der Waals surface area (Å²) in [4.78, 5) is 4.36. The van der Waals surface area contributed by atoms with E-state index in [4.69, 9.17) is 22.1 Å². The maximum Gasteiger partial charge on any atom is 0.189 e. The first-order chi connectivity index (χ1) is 15.2. The van der Waals surface area contributed by atoms with Gasteiger partial charge in [0.05, 0.1) is 5.56 Å². The fraction of sp³-hybridized carbons (Fsp3) is 0.0435. The first-order valence-electron chi connectivity index (χ1n) is 9.58. The largest absolute Gasteiger partial charge is 0.489 e. The molecule has 0 unspecified atom stereocenters. The maximum absolute atomic E-state index is 6.15. The van der Waals surface area contributed by atoms with Gasteiger partial charge in [0.15, 0.2) is 11.5 Å². The predicted octanol–water partition coefficient (Wildman–Crippen LogP) is 4.67. The third-order valence-electron chi connectivity index (χ3n) is 4.81. The molecule has 0 aliphatic carbocycles. The van der Waals surface area contributed by atoms with Crippen LogP contribution in [-0.4, -0.2) is 24.8 Å². The number of halogens is 1. The monoisotopic (exact) mass is 428 g/mol. The lowest BCUT2D eigenvalue weighted by Gasteiger charge is -2.10. The van der Waals surface area contributed by atoms with Crippen LogP contribution in [0.1, 0.15) is 5.56 Å². The van der Waals surface area contributed by atoms with Gasteiger partial charge in [-0.1, -0.05) is 54.1 Å². The second-order valence-electron chi connectivity index (χ2n) is 6.91. The molecule has 0 amide bonds. The molecule has 0 spiro atoms. The molecule has 2 aromatic carbocycles. The minimum atomic E-state index is 0.330. The standard InChI is InChI=1S/C23H17ClN6O/c24-20-9-10-21-27-28-23(30(21)29-20)19-12-17(13-26-22(19)25)16-7-4-8-18(11-16)31-14-15-5-2-1-3-6-15/h1-13H,14H2,(H2,25,26). The van der Waals surface area contributed by atoms with Gasteiger partial charge in [-0.05, 0) is 41.5 Å². The number of ether oxygens (including phenoxy) is 1. The zero-order valence-corrected chi connectivity index (χ0v) is 17.1. The highest BCUT2D eigenvalue weighted by Crippen LogP contribution is 2.30. The number of nitrogens with two attached hydrogens (primary N) is 1. The Morgan fingerprint density at radius 1 is 0.903 bits per heavy atom. The molecule has 0 atom stereocenters. The van der Waals surface area contributed by atoms with Gasteiger partial charge < -0.3 is 10.5 Å². The van der Waals surface area contributed by atoms with Crippen LogP contribution in [0.2, 0.25) is 5.15 Å². The smallest absolute Gasteiger partial charge is 0.189 e. The van der Waals surface area contributed by atoms with Gasteiger partial charge in [0.25, 0.3) is 0 Å². The molecule has 2 N–H and O–H groups in total. The molecule has 0 saturated carbocycles. The molecule has 152 valence electrons. The fourth-order valence-corrected chi connectivity index (χ4v) is 3.39. The number of aromatic nitrogens is 5. The topological polar surface area (TPSA) is 91.2 Å². The highest BCUT2D eigenvalue weighted by molar-refractivity contribution is 6.29. The Kier molecular flexibility index (Phi) is 4.93. The van der Waals surface area contributed by atoms with Crippen LogP contribution in [0.25, 0.3) is 28.2 Å². The van der Waals surface area contributed by atoms with Crippen molar-refractivity contribution in [1.82, 2.24) is 24.8 Å². The van der Waals surface area contributed by atoms with E-state index in [9.17, 15) is 0 Å². The van der Waals surface area contributed by atoms with Crippen LogP contribution in [0.5, 0.6) is 5.75 Å². The highest BCUT2D eigenvalue weighted by atomic mass is 35.5. The summed E-state index contributed by atoms with van der Waals surface area (Å²) < 4.78 is 7.51. The SMILES string of the molecule is Nc1ncc(-c2cccc(OCc3ccccc3)c2)cc1-c1nnc2ccc(Cl)nn12. The Labute approximate surface area is 183 Å². The number of nitrogen functional groups attached to an aromatic ring is 1. The molecule has 8 heteroatoms. The van der Waals surface area contributed by atoms with Gasteiger partial charge in [-0.25, -0.2) is 4.98 Å². The van der Waals surface area contributed by atoms with E-state index >= 15 is 0 Å². The number of benzene rings is 2. The van der Waals surface area contributed by atoms with Crippen molar-refractivity contribution >= 4 is 23.1 Å². The second kappa shape index (κ2) is 8.04. The third kappa shape index (κ3) is 3.91. The van der Waals surface area contributed by atoms with Crippen molar-refractivity contribution in [2.24, 2.45) is 0 Å². The quantitative estimate of drug-likeness (QED) is 0.437. The number of hydrogen-bond donors (Lipinski definition) is 1. The summed E-state index contributed by atoms with van der Waals surface area (Å²) >= 11 is 6.05. The van der Waals surface area contributed by atoms with Gasteiger partial charge in [-0.2, -0.15) is 9.61 Å². The van der Waals surface area contributed by atoms with E-state index in [0.717, 1.165) is 22.4 Å². The van der Waals surface area contributed by atoms with E-state index in [1.807, 2.05) is 60.7 Å². The van der Waals surface area contributed by atoms with Gasteiger partial charge in [0, 0.05) is 11.8 Å². The zero-order chi connectivity index (χ0) is 21.2. The molecule has 3 heterocycles. The first kappa shape index (κ1) is 19.0. The van der Waals surface area contributed by atoms with Crippen molar-refractivity contribution in [2.45, 2.75) is 6.61 Å². The molecule has 5 aromatic rings. The highest BCUT2D eigenvalue weighted by Gasteiger charge is 2.15. The fourth-order valence-electron chi connectivity index (χ4n) is 3.25. The number of fused-ring (bicyclic) bond motifs is 1. The van der Waals surface area contributed by atoms with Crippen LogP contribution < -0.4 is 10.5 Å². The summed E-state index contributed by atoms with van der Waals surface area (Å²) in [5.74, 6) is 1.57. The molecule has 0 fully saturated rings. The lowest BCUT2D eigenvalue weighted by atomic mass is 10.0. The summed E-state index contributed by atoms with van der Waals surface area (Å²) in [5.41, 5.74) is 10.3. The molecular formula is C23H17ClN6O. The number of rotatable bonds is 5. The van der Waals surface area contributed by atoms with Crippen LogP contribution in [0.15, 0.2) is 79.0 Å². The Balaban J connectivity index is 1.48. The maximum atomic E-state index is 6.15. The van der Waals surface area contributed by atoms with Crippen molar-refractivity contribution in [3.05, 3.63) is 89.7 Å². The molecular weight excluding hydrogens is 412 g/mol. The van der Waals surface area contributed by atoms with E-state index in [1.165, 1.54) is 0 Å². The molecule has 0 radical (unpaired) electrons. The summed E-state index contributed by atoms with van der Waals surface area (Å²) in [5, 5.41) is 13.0. The van der Waals surface area contributed by atoms with Gasteiger partial charge in [0.1, 0.15) is 23.3 Å². The molecule has 31 heavy (non-hydrogen) atoms. The van der Waals surface area contributed by atoms with Crippen LogP contribution in [0.3, 0.4) is 0 Å². The van der Waals surface area contributed by atoms with Crippen LogP contribution in [0.4, 0.5) is 5.82 Å². The van der Waals surface area contributed by atoms with Crippen molar-refractivity contribution < 1.29 is 4.74 Å². The van der Waals surface area contributed by atoms with Crippen LogP contribution >= 0.6 is 11.6 Å². The lowest BCUT2D eigenvalue weighted by molar-refractivity contribution is 0.306. The third-order valence-corrected chi connectivity index (χ3v) is 5.01. The molecule has 3 aromatic heterocycles. The molecule has 7 nitrogen and oxygen atoms in total. The average molecular weight is 429 g/mol. The summed E-state index contributed by atoms with van der Waals surface area (Å²) in [6.45, 7) is 0.494. The average Bonchev–Trinajstić information content (AvgIpc) is 3.22. The first-order valence-corrected chi connectivity index (χ1v) is 9.96. The molecule has 0 aliphatic heterocycles. The van der Waals surface area contributed by atoms with Gasteiger partial charge in [-0.15, -0.1) is 10.2 Å². The number of pyridine rings is 1. The Bertz CT molecular complexity index is 1370. The Morgan fingerprint density at radius 3 is 2.65 bits per heavy atom. The zero-order valence-electron chi connectivity index (χ0n) is 16.3. The van der Waals surface area contributed by atoms with Gasteiger partial charge >= 0.3 is 0 Å². The molecule has 0 aliphatic rings. The molecule has 0 saturated heterocycles. The van der Waals surface area contributed by atoms with Crippen LogP contribution in [0, 0.1) is 0 Å². The van der Waals surface area contributed by atoms with E-state index in [1.54, 1.807) is 22.8 Å². The van der Waals surface area contributed by atoms with Gasteiger partial charge in [-0.3, -0.25) is 0 Å². The summed E-state index contributed by atoms with van der Waals surface area (Å²) in [6, 6.07) is 23.2. The molecule has 5 rings (SSSR count). The van der Waals surface area contributed by atoms with E-state index in [-0.39, 0.29) is 0 Å². The van der Waals surface area contributed by atoms with E-state index in [2.05, 4.69) is 20.3 Å². The lowest BCUT2D eigenvalue weighted by Crippen LogP contribution is -2.00. The second-order valence-corrected chi connectivity index (χ2v) is 7.30. The van der Waals surface area contributed by atoms with Crippen molar-refractivity contribution in [1.29, 1.82) is 0 Å². The minimum absolute atomic E-state index is 0.330. The summed E-state index contributed by atoms with van der Waals surface area (Å²) in [6.07, 6.45) is 1.72. The Hall–Kier alpha value is -3.97. The van der Waals surface area contributed by atoms with Crippen molar-refractivity contribution in [3.8, 4) is 28.3 Å². The summed E-state index contributed by atoms with van der Waals surface area (Å²) in [7, 11) is 0. The van der Waals surface area contributed by atoms with E-state index in [0.29, 0.717) is 34.6 Å². The number of nitrogens with zero attached hydrogens (tertiary/aromatic N) is 5. The van der Waals surface area contributed by atoms with Crippen molar-refractivity contribution in [3.63, 3.8) is 0 Å². The van der Waals surface area contributed by atoms with Gasteiger partial charge in [0.2, 0.25) is 0 Å². The van der Waals surface area contributed by atoms with Crippen molar-refractivity contribution in [2.75, 3.05) is 5.73 Å². The minimum Gasteiger partial charge on any atom is -0.489 e. The normalized spacial score (nSPS) is 11.0.